The highest BCUT2D eigenvalue weighted by Crippen LogP contribution is 2.26. The largest absolute Gasteiger partial charge is 0.497 e. The summed E-state index contributed by atoms with van der Waals surface area (Å²) in [6.07, 6.45) is 1.61. The number of ether oxygens (including phenoxy) is 4. The first-order valence-electron chi connectivity index (χ1n) is 12.4. The highest BCUT2D eigenvalue weighted by molar-refractivity contribution is 6.31. The van der Waals surface area contributed by atoms with E-state index < -0.39 is 0 Å². The van der Waals surface area contributed by atoms with E-state index in [1.54, 1.807) is 34.5 Å². The molecule has 2 aromatic carbocycles. The van der Waals surface area contributed by atoms with Crippen LogP contribution in [-0.2, 0) is 19.4 Å². The molecular weight excluding hydrogens is 589 g/mol. The first-order valence-corrected chi connectivity index (χ1v) is 13.5. The van der Waals surface area contributed by atoms with Gasteiger partial charge in [-0.3, -0.25) is 0 Å². The number of halogens is 3. The Morgan fingerprint density at radius 2 is 1.12 bits per heavy atom. The van der Waals surface area contributed by atoms with Crippen LogP contribution in [-0.4, -0.2) is 48.8 Å². The molecule has 0 atom stereocenters. The summed E-state index contributed by atoms with van der Waals surface area (Å²) in [5.74, 6) is 3.16. The molecule has 0 aliphatic heterocycles. The first-order chi connectivity index (χ1) is 19.6. The predicted molar refractivity (Wildman–Crippen MR) is 163 cm³/mol. The van der Waals surface area contributed by atoms with E-state index in [2.05, 4.69) is 20.4 Å². The Morgan fingerprint density at radius 3 is 1.59 bits per heavy atom. The Bertz CT molecular complexity index is 1410. The van der Waals surface area contributed by atoms with Crippen LogP contribution in [0, 0.1) is 13.8 Å². The number of aromatic nitrogens is 4. The van der Waals surface area contributed by atoms with Gasteiger partial charge in [-0.15, -0.1) is 15.3 Å². The summed E-state index contributed by atoms with van der Waals surface area (Å²) in [6.45, 7) is 4.29. The molecule has 0 saturated heterocycles. The minimum Gasteiger partial charge on any atom is -0.497 e. The van der Waals surface area contributed by atoms with Crippen LogP contribution in [0.3, 0.4) is 0 Å². The first kappa shape index (κ1) is 33.8. The van der Waals surface area contributed by atoms with Gasteiger partial charge in [0.2, 0.25) is 0 Å². The zero-order chi connectivity index (χ0) is 30.4. The number of rotatable bonds is 8. The van der Waals surface area contributed by atoms with Crippen molar-refractivity contribution in [2.75, 3.05) is 28.4 Å². The maximum absolute atomic E-state index is 5.81. The van der Waals surface area contributed by atoms with Gasteiger partial charge in [0.25, 0.3) is 0 Å². The molecule has 2 heterocycles. The van der Waals surface area contributed by atoms with Gasteiger partial charge in [0.05, 0.1) is 34.1 Å². The van der Waals surface area contributed by atoms with Gasteiger partial charge in [0.1, 0.15) is 23.0 Å². The van der Waals surface area contributed by atoms with Gasteiger partial charge in [-0.1, -0.05) is 46.9 Å². The fraction of sp³-hybridized carbons (Fsp3) is 0.310. The molecule has 0 unspecified atom stereocenters. The van der Waals surface area contributed by atoms with E-state index in [4.69, 9.17) is 59.5 Å². The number of methoxy groups -OCH3 is 4. The Balaban J connectivity index is 0.000000237. The number of nitrogens with zero attached hydrogens (tertiary/aromatic N) is 4. The predicted octanol–water partition coefficient (Wildman–Crippen LogP) is 6.50. The molecule has 4 aromatic rings. The summed E-state index contributed by atoms with van der Waals surface area (Å²) >= 11 is 16.8. The van der Waals surface area contributed by atoms with E-state index in [1.807, 2.05) is 56.3 Å². The monoisotopic (exact) mass is 621 g/mol. The number of hydrogen-bond donors (Lipinski definition) is 1. The van der Waals surface area contributed by atoms with E-state index in [1.165, 1.54) is 0 Å². The van der Waals surface area contributed by atoms with Gasteiger partial charge in [-0.2, -0.15) is 5.10 Å². The zero-order valence-electron chi connectivity index (χ0n) is 23.9. The standard InChI is InChI=1S/C15H17ClN2O2.C9H13NO2.C5H4Cl2N2/c1-10-8-15(16)18-17-13(10)7-5-11-4-6-12(19-2)9-14(11)20-3;1-11-8-4-3-7(6-10)9(5-8)12-2;1-3-2-4(6)8-9-5(3)7/h4,6,8-9H,5,7H2,1-3H3;3-5H,6,10H2,1-2H3;2H,1H3. The maximum atomic E-state index is 5.81. The summed E-state index contributed by atoms with van der Waals surface area (Å²) < 4.78 is 20.7. The van der Waals surface area contributed by atoms with Crippen molar-refractivity contribution in [2.45, 2.75) is 33.2 Å². The van der Waals surface area contributed by atoms with Crippen LogP contribution in [0.1, 0.15) is 27.9 Å². The van der Waals surface area contributed by atoms with Gasteiger partial charge in [-0.25, -0.2) is 0 Å². The summed E-state index contributed by atoms with van der Waals surface area (Å²) in [7, 11) is 6.54. The van der Waals surface area contributed by atoms with Gasteiger partial charge in [0, 0.05) is 24.2 Å². The second-order valence-electron chi connectivity index (χ2n) is 8.50. The Morgan fingerprint density at radius 1 is 0.610 bits per heavy atom. The van der Waals surface area contributed by atoms with E-state index in [0.717, 1.165) is 63.8 Å². The minimum atomic E-state index is 0.372. The van der Waals surface area contributed by atoms with Crippen molar-refractivity contribution in [3.05, 3.63) is 91.9 Å². The number of aryl methyl sites for hydroxylation is 4. The Hall–Kier alpha value is -3.37. The Labute approximate surface area is 255 Å². The minimum absolute atomic E-state index is 0.372. The second kappa shape index (κ2) is 17.4. The lowest BCUT2D eigenvalue weighted by atomic mass is 10.0. The third kappa shape index (κ3) is 10.8. The SMILES string of the molecule is COc1ccc(CCc2nnc(Cl)cc2C)c(OC)c1.COc1ccc(CN)c(OC)c1.Cc1cc(Cl)nnc1Cl. The topological polar surface area (TPSA) is 115 Å². The Kier molecular flexibility index (Phi) is 14.4. The third-order valence-electron chi connectivity index (χ3n) is 5.79. The lowest BCUT2D eigenvalue weighted by Gasteiger charge is -2.10. The molecule has 0 aliphatic carbocycles. The van der Waals surface area contributed by atoms with E-state index in [-0.39, 0.29) is 0 Å². The molecule has 0 radical (unpaired) electrons. The van der Waals surface area contributed by atoms with Crippen molar-refractivity contribution in [1.82, 2.24) is 20.4 Å². The highest BCUT2D eigenvalue weighted by atomic mass is 35.5. The van der Waals surface area contributed by atoms with Crippen LogP contribution in [0.2, 0.25) is 15.5 Å². The highest BCUT2D eigenvalue weighted by Gasteiger charge is 2.08. The molecule has 9 nitrogen and oxygen atoms in total. The van der Waals surface area contributed by atoms with Crippen molar-refractivity contribution in [1.29, 1.82) is 0 Å². The molecule has 2 N–H and O–H groups in total. The molecule has 4 rings (SSSR count). The second-order valence-corrected chi connectivity index (χ2v) is 9.63. The van der Waals surface area contributed by atoms with Crippen LogP contribution in [0.15, 0.2) is 48.5 Å². The smallest absolute Gasteiger partial charge is 0.154 e. The van der Waals surface area contributed by atoms with Crippen molar-refractivity contribution < 1.29 is 18.9 Å². The van der Waals surface area contributed by atoms with Crippen LogP contribution in [0.25, 0.3) is 0 Å². The quantitative estimate of drug-likeness (QED) is 0.235. The van der Waals surface area contributed by atoms with Crippen molar-refractivity contribution in [3.63, 3.8) is 0 Å². The molecule has 0 bridgehead atoms. The average Bonchev–Trinajstić information content (AvgIpc) is 2.99. The fourth-order valence-electron chi connectivity index (χ4n) is 3.49. The number of nitrogens with two attached hydrogens (primary N) is 1. The van der Waals surface area contributed by atoms with E-state index in [9.17, 15) is 0 Å². The molecule has 2 aromatic heterocycles. The van der Waals surface area contributed by atoms with Crippen molar-refractivity contribution >= 4 is 34.8 Å². The van der Waals surface area contributed by atoms with Crippen LogP contribution < -0.4 is 24.7 Å². The molecule has 0 amide bonds. The molecule has 12 heteroatoms. The van der Waals surface area contributed by atoms with Gasteiger partial charge in [0.15, 0.2) is 15.5 Å². The number of benzene rings is 2. The van der Waals surface area contributed by atoms with Gasteiger partial charge < -0.3 is 24.7 Å². The molecule has 0 spiro atoms. The van der Waals surface area contributed by atoms with Crippen molar-refractivity contribution in [3.8, 4) is 23.0 Å². The fourth-order valence-corrected chi connectivity index (χ4v) is 3.99. The molecule has 0 aliphatic rings. The summed E-state index contributed by atoms with van der Waals surface area (Å²) in [6, 6.07) is 14.9. The zero-order valence-corrected chi connectivity index (χ0v) is 26.1. The summed E-state index contributed by atoms with van der Waals surface area (Å²) in [5.41, 5.74) is 10.4. The average molecular weight is 623 g/mol. The van der Waals surface area contributed by atoms with E-state index in [0.29, 0.717) is 22.0 Å². The summed E-state index contributed by atoms with van der Waals surface area (Å²) in [5, 5.41) is 16.3. The molecule has 220 valence electrons. The normalized spacial score (nSPS) is 10.0. The lowest BCUT2D eigenvalue weighted by Crippen LogP contribution is -2.01. The van der Waals surface area contributed by atoms with Gasteiger partial charge >= 0.3 is 0 Å². The third-order valence-corrected chi connectivity index (χ3v) is 6.53. The number of hydrogen-bond acceptors (Lipinski definition) is 9. The van der Waals surface area contributed by atoms with E-state index >= 15 is 0 Å². The molecular formula is C29H34Cl3N5O4. The van der Waals surface area contributed by atoms with Crippen LogP contribution >= 0.6 is 34.8 Å². The maximum Gasteiger partial charge on any atom is 0.154 e. The summed E-state index contributed by atoms with van der Waals surface area (Å²) in [4.78, 5) is 0. The molecule has 0 fully saturated rings. The van der Waals surface area contributed by atoms with Crippen molar-refractivity contribution in [2.24, 2.45) is 5.73 Å². The molecule has 41 heavy (non-hydrogen) atoms. The molecule has 0 saturated carbocycles. The van der Waals surface area contributed by atoms with Gasteiger partial charge in [-0.05, 0) is 67.6 Å². The lowest BCUT2D eigenvalue weighted by molar-refractivity contribution is 0.391. The van der Waals surface area contributed by atoms with Crippen LogP contribution in [0.5, 0.6) is 23.0 Å². The van der Waals surface area contributed by atoms with Crippen LogP contribution in [0.4, 0.5) is 0 Å².